The second-order valence-electron chi connectivity index (χ2n) is 3.97. The van der Waals surface area contributed by atoms with Crippen molar-refractivity contribution in [2.75, 3.05) is 18.1 Å². The fourth-order valence-corrected chi connectivity index (χ4v) is 1.84. The quantitative estimate of drug-likeness (QED) is 0.766. The van der Waals surface area contributed by atoms with Crippen molar-refractivity contribution in [3.63, 3.8) is 0 Å². The van der Waals surface area contributed by atoms with Crippen LogP contribution in [-0.4, -0.2) is 24.1 Å². The zero-order valence-electron chi connectivity index (χ0n) is 10.6. The standard InChI is InChI=1S/C14H16N2O2/c1-3-18-14(17)12-11(2)7-8-15-13(12)16-9-5-4-6-10-16/h4-9H,3,10H2,1-2H3. The predicted molar refractivity (Wildman–Crippen MR) is 70.6 cm³/mol. The molecular formula is C14H16N2O2. The van der Waals surface area contributed by atoms with Gasteiger partial charge in [0.2, 0.25) is 0 Å². The number of pyridine rings is 1. The SMILES string of the molecule is CCOC(=O)c1c(C)ccnc1N1C=CC=CC1. The summed E-state index contributed by atoms with van der Waals surface area (Å²) >= 11 is 0. The van der Waals surface area contributed by atoms with Gasteiger partial charge < -0.3 is 9.64 Å². The fourth-order valence-electron chi connectivity index (χ4n) is 1.84. The molecule has 1 aliphatic rings. The second kappa shape index (κ2) is 5.49. The number of rotatable bonds is 3. The third kappa shape index (κ3) is 2.42. The Kier molecular flexibility index (Phi) is 3.77. The van der Waals surface area contributed by atoms with Gasteiger partial charge in [0.05, 0.1) is 6.61 Å². The lowest BCUT2D eigenvalue weighted by Gasteiger charge is -2.22. The van der Waals surface area contributed by atoms with Crippen LogP contribution in [0.3, 0.4) is 0 Å². The van der Waals surface area contributed by atoms with E-state index in [1.54, 1.807) is 13.1 Å². The Morgan fingerprint density at radius 2 is 2.33 bits per heavy atom. The van der Waals surface area contributed by atoms with Crippen LogP contribution >= 0.6 is 0 Å². The van der Waals surface area contributed by atoms with Gasteiger partial charge in [-0.1, -0.05) is 12.2 Å². The zero-order valence-corrected chi connectivity index (χ0v) is 10.6. The van der Waals surface area contributed by atoms with Crippen molar-refractivity contribution in [3.8, 4) is 0 Å². The molecule has 4 heteroatoms. The highest BCUT2D eigenvalue weighted by Gasteiger charge is 2.20. The summed E-state index contributed by atoms with van der Waals surface area (Å²) in [5.41, 5.74) is 1.42. The van der Waals surface area contributed by atoms with Gasteiger partial charge >= 0.3 is 5.97 Å². The van der Waals surface area contributed by atoms with Gasteiger partial charge in [0.15, 0.2) is 0 Å². The summed E-state index contributed by atoms with van der Waals surface area (Å²) in [6.45, 7) is 4.76. The number of aryl methyl sites for hydroxylation is 1. The number of carbonyl (C=O) groups is 1. The van der Waals surface area contributed by atoms with E-state index in [0.717, 1.165) is 5.56 Å². The van der Waals surface area contributed by atoms with Gasteiger partial charge in [-0.15, -0.1) is 0 Å². The van der Waals surface area contributed by atoms with Crippen molar-refractivity contribution in [1.29, 1.82) is 0 Å². The summed E-state index contributed by atoms with van der Waals surface area (Å²) in [5.74, 6) is 0.329. The van der Waals surface area contributed by atoms with E-state index < -0.39 is 0 Å². The molecule has 4 nitrogen and oxygen atoms in total. The summed E-state index contributed by atoms with van der Waals surface area (Å²) in [5, 5.41) is 0. The van der Waals surface area contributed by atoms with E-state index in [4.69, 9.17) is 4.74 Å². The third-order valence-electron chi connectivity index (χ3n) is 2.71. The molecule has 1 aromatic heterocycles. The van der Waals surface area contributed by atoms with Gasteiger partial charge in [0.25, 0.3) is 0 Å². The Morgan fingerprint density at radius 3 is 3.00 bits per heavy atom. The highest BCUT2D eigenvalue weighted by Crippen LogP contribution is 2.23. The van der Waals surface area contributed by atoms with Crippen LogP contribution in [0.1, 0.15) is 22.8 Å². The Labute approximate surface area is 107 Å². The van der Waals surface area contributed by atoms with Crippen molar-refractivity contribution >= 4 is 11.8 Å². The van der Waals surface area contributed by atoms with E-state index in [2.05, 4.69) is 4.98 Å². The number of hydrogen-bond donors (Lipinski definition) is 0. The third-order valence-corrected chi connectivity index (χ3v) is 2.71. The number of allylic oxidation sites excluding steroid dienone is 2. The van der Waals surface area contributed by atoms with Crippen molar-refractivity contribution in [2.45, 2.75) is 13.8 Å². The van der Waals surface area contributed by atoms with Crippen molar-refractivity contribution in [1.82, 2.24) is 4.98 Å². The molecule has 0 aliphatic carbocycles. The molecule has 1 aromatic rings. The number of carbonyl (C=O) groups excluding carboxylic acids is 1. The van der Waals surface area contributed by atoms with Gasteiger partial charge in [-0.2, -0.15) is 0 Å². The molecule has 0 spiro atoms. The average Bonchev–Trinajstić information content (AvgIpc) is 2.39. The Bertz CT molecular complexity index is 507. The number of anilines is 1. The molecule has 0 unspecified atom stereocenters. The first kappa shape index (κ1) is 12.4. The first-order valence-electron chi connectivity index (χ1n) is 5.96. The van der Waals surface area contributed by atoms with Crippen LogP contribution in [0.25, 0.3) is 0 Å². The molecule has 0 fully saturated rings. The normalized spacial score (nSPS) is 13.8. The number of hydrogen-bond acceptors (Lipinski definition) is 4. The summed E-state index contributed by atoms with van der Waals surface area (Å²) in [7, 11) is 0. The van der Waals surface area contributed by atoms with E-state index in [1.165, 1.54) is 0 Å². The molecule has 0 saturated carbocycles. The van der Waals surface area contributed by atoms with Crippen molar-refractivity contribution in [3.05, 3.63) is 47.8 Å². The lowest BCUT2D eigenvalue weighted by molar-refractivity contribution is 0.0526. The maximum Gasteiger partial charge on any atom is 0.342 e. The molecule has 18 heavy (non-hydrogen) atoms. The highest BCUT2D eigenvalue weighted by atomic mass is 16.5. The van der Waals surface area contributed by atoms with Gasteiger partial charge in [-0.25, -0.2) is 9.78 Å². The molecule has 0 saturated heterocycles. The van der Waals surface area contributed by atoms with Gasteiger partial charge in [-0.05, 0) is 31.6 Å². The molecule has 94 valence electrons. The van der Waals surface area contributed by atoms with E-state index in [-0.39, 0.29) is 5.97 Å². The van der Waals surface area contributed by atoms with Crippen LogP contribution < -0.4 is 4.90 Å². The summed E-state index contributed by atoms with van der Waals surface area (Å²) in [4.78, 5) is 18.2. The summed E-state index contributed by atoms with van der Waals surface area (Å²) in [6.07, 6.45) is 9.52. The molecule has 0 aromatic carbocycles. The monoisotopic (exact) mass is 244 g/mol. The number of esters is 1. The molecule has 0 N–H and O–H groups in total. The van der Waals surface area contributed by atoms with Crippen molar-refractivity contribution < 1.29 is 9.53 Å². The highest BCUT2D eigenvalue weighted by molar-refractivity contribution is 5.96. The molecule has 0 radical (unpaired) electrons. The Hall–Kier alpha value is -2.10. The fraction of sp³-hybridized carbons (Fsp3) is 0.286. The minimum atomic E-state index is -0.318. The number of aromatic nitrogens is 1. The Balaban J connectivity index is 2.40. The molecule has 0 bridgehead atoms. The maximum absolute atomic E-state index is 12.0. The van der Waals surface area contributed by atoms with Crippen LogP contribution in [0.5, 0.6) is 0 Å². The van der Waals surface area contributed by atoms with E-state index in [1.807, 2.05) is 42.3 Å². The topological polar surface area (TPSA) is 42.4 Å². The van der Waals surface area contributed by atoms with Crippen LogP contribution in [0.15, 0.2) is 36.7 Å². The molecule has 0 amide bonds. The smallest absolute Gasteiger partial charge is 0.342 e. The molecule has 2 rings (SSSR count). The van der Waals surface area contributed by atoms with Crippen molar-refractivity contribution in [2.24, 2.45) is 0 Å². The first-order valence-corrected chi connectivity index (χ1v) is 5.96. The van der Waals surface area contributed by atoms with Crippen LogP contribution in [-0.2, 0) is 4.74 Å². The summed E-state index contributed by atoms with van der Waals surface area (Å²) in [6, 6.07) is 1.82. The Morgan fingerprint density at radius 1 is 1.50 bits per heavy atom. The number of nitrogens with zero attached hydrogens (tertiary/aromatic N) is 2. The maximum atomic E-state index is 12.0. The summed E-state index contributed by atoms with van der Waals surface area (Å²) < 4.78 is 5.09. The van der Waals surface area contributed by atoms with Gasteiger partial charge in [-0.3, -0.25) is 0 Å². The molecule has 0 atom stereocenters. The van der Waals surface area contributed by atoms with Crippen LogP contribution in [0, 0.1) is 6.92 Å². The first-order chi connectivity index (χ1) is 8.74. The minimum Gasteiger partial charge on any atom is -0.462 e. The molecule has 1 aliphatic heterocycles. The molecule has 2 heterocycles. The largest absolute Gasteiger partial charge is 0.462 e. The lowest BCUT2D eigenvalue weighted by atomic mass is 10.1. The predicted octanol–water partition coefficient (Wildman–Crippen LogP) is 2.46. The van der Waals surface area contributed by atoms with E-state index in [9.17, 15) is 4.79 Å². The van der Waals surface area contributed by atoms with E-state index >= 15 is 0 Å². The van der Waals surface area contributed by atoms with Gasteiger partial charge in [0, 0.05) is 18.9 Å². The molecular weight excluding hydrogens is 228 g/mol. The second-order valence-corrected chi connectivity index (χ2v) is 3.97. The zero-order chi connectivity index (χ0) is 13.0. The van der Waals surface area contributed by atoms with E-state index in [0.29, 0.717) is 24.5 Å². The van der Waals surface area contributed by atoms with Gasteiger partial charge in [0.1, 0.15) is 11.4 Å². The minimum absolute atomic E-state index is 0.318. The average molecular weight is 244 g/mol. The van der Waals surface area contributed by atoms with Crippen LogP contribution in [0.2, 0.25) is 0 Å². The van der Waals surface area contributed by atoms with Crippen LogP contribution in [0.4, 0.5) is 5.82 Å². The lowest BCUT2D eigenvalue weighted by Crippen LogP contribution is -2.23. The number of ether oxygens (including phenoxy) is 1.